The van der Waals surface area contributed by atoms with Crippen molar-refractivity contribution in [1.82, 2.24) is 10.2 Å². The van der Waals surface area contributed by atoms with E-state index in [1.54, 1.807) is 18.9 Å². The molecule has 114 valence electrons. The van der Waals surface area contributed by atoms with Gasteiger partial charge < -0.3 is 14.5 Å². The van der Waals surface area contributed by atoms with E-state index < -0.39 is 0 Å². The van der Waals surface area contributed by atoms with Gasteiger partial charge >= 0.3 is 0 Å². The maximum Gasteiger partial charge on any atom is 0.240 e. The van der Waals surface area contributed by atoms with Crippen LogP contribution in [0.25, 0.3) is 0 Å². The van der Waals surface area contributed by atoms with Crippen LogP contribution in [0.1, 0.15) is 0 Å². The fourth-order valence-electron chi connectivity index (χ4n) is 2.83. The van der Waals surface area contributed by atoms with Gasteiger partial charge in [-0.05, 0) is 12.1 Å². The Hall–Kier alpha value is -1.40. The third kappa shape index (κ3) is 3.11. The van der Waals surface area contributed by atoms with E-state index >= 15 is 0 Å². The summed E-state index contributed by atoms with van der Waals surface area (Å²) in [6.07, 6.45) is 0. The number of amides is 1. The fraction of sp³-hybridized carbons (Fsp3) is 0.533. The molecule has 1 aromatic rings. The topological polar surface area (TPSA) is 44.8 Å². The Morgan fingerprint density at radius 1 is 1.29 bits per heavy atom. The molecule has 2 aliphatic heterocycles. The zero-order valence-electron chi connectivity index (χ0n) is 12.2. The van der Waals surface area contributed by atoms with E-state index in [9.17, 15) is 4.79 Å². The minimum absolute atomic E-state index is 0.00723. The molecule has 5 nitrogen and oxygen atoms in total. The summed E-state index contributed by atoms with van der Waals surface area (Å²) >= 11 is 1.79. The minimum Gasteiger partial charge on any atom is -0.495 e. The van der Waals surface area contributed by atoms with E-state index in [0.29, 0.717) is 0 Å². The summed E-state index contributed by atoms with van der Waals surface area (Å²) in [5, 5.41) is 3.25. The van der Waals surface area contributed by atoms with Gasteiger partial charge in [0.25, 0.3) is 0 Å². The number of anilines is 1. The lowest BCUT2D eigenvalue weighted by molar-refractivity contribution is -0.132. The number of carbonyl (C=O) groups is 1. The van der Waals surface area contributed by atoms with Gasteiger partial charge in [0.05, 0.1) is 18.8 Å². The van der Waals surface area contributed by atoms with Crippen molar-refractivity contribution in [3.05, 3.63) is 24.3 Å². The van der Waals surface area contributed by atoms with Crippen LogP contribution in [0.5, 0.6) is 5.75 Å². The molecule has 0 aliphatic carbocycles. The highest BCUT2D eigenvalue weighted by molar-refractivity contribution is 7.99. The number of para-hydroxylation sites is 2. The number of nitrogens with zero attached hydrogens (tertiary/aromatic N) is 2. The number of hydrogen-bond donors (Lipinski definition) is 1. The molecule has 2 heterocycles. The zero-order chi connectivity index (χ0) is 14.7. The first-order chi connectivity index (χ1) is 10.3. The van der Waals surface area contributed by atoms with Crippen LogP contribution < -0.4 is 15.0 Å². The van der Waals surface area contributed by atoms with Crippen LogP contribution >= 0.6 is 11.8 Å². The van der Waals surface area contributed by atoms with Gasteiger partial charge in [-0.3, -0.25) is 10.1 Å². The van der Waals surface area contributed by atoms with Crippen LogP contribution in [-0.4, -0.2) is 61.8 Å². The van der Waals surface area contributed by atoms with Gasteiger partial charge in [-0.15, -0.1) is 11.8 Å². The van der Waals surface area contributed by atoms with Crippen molar-refractivity contribution < 1.29 is 9.53 Å². The van der Waals surface area contributed by atoms with Crippen LogP contribution in [0.15, 0.2) is 24.3 Å². The highest BCUT2D eigenvalue weighted by Gasteiger charge is 2.29. The largest absolute Gasteiger partial charge is 0.495 e. The molecule has 6 heteroatoms. The van der Waals surface area contributed by atoms with Crippen LogP contribution in [0.2, 0.25) is 0 Å². The van der Waals surface area contributed by atoms with Crippen LogP contribution in [0.4, 0.5) is 5.69 Å². The molecule has 1 amide bonds. The number of rotatable bonds is 3. The van der Waals surface area contributed by atoms with E-state index in [0.717, 1.165) is 49.2 Å². The molecule has 0 spiro atoms. The fourth-order valence-corrected chi connectivity index (χ4v) is 3.77. The second-order valence-electron chi connectivity index (χ2n) is 5.26. The minimum atomic E-state index is 0.00723. The van der Waals surface area contributed by atoms with Gasteiger partial charge in [0.2, 0.25) is 5.91 Å². The summed E-state index contributed by atoms with van der Waals surface area (Å²) < 4.78 is 5.42. The summed E-state index contributed by atoms with van der Waals surface area (Å²) in [6, 6.07) is 8.06. The SMILES string of the molecule is COc1ccccc1N1CCN(C(=O)[C@H]2CSCN2)CC1. The maximum absolute atomic E-state index is 12.4. The van der Waals surface area contributed by atoms with Gasteiger partial charge in [-0.25, -0.2) is 0 Å². The molecule has 1 atom stereocenters. The molecule has 21 heavy (non-hydrogen) atoms. The number of thioether (sulfide) groups is 1. The molecule has 0 radical (unpaired) electrons. The van der Waals surface area contributed by atoms with Crippen molar-refractivity contribution in [3.8, 4) is 5.75 Å². The van der Waals surface area contributed by atoms with Gasteiger partial charge in [-0.1, -0.05) is 12.1 Å². The molecule has 0 bridgehead atoms. The molecular weight excluding hydrogens is 286 g/mol. The van der Waals surface area contributed by atoms with E-state index in [-0.39, 0.29) is 11.9 Å². The van der Waals surface area contributed by atoms with E-state index in [2.05, 4.69) is 16.3 Å². The summed E-state index contributed by atoms with van der Waals surface area (Å²) in [5.41, 5.74) is 1.11. The Morgan fingerprint density at radius 2 is 2.05 bits per heavy atom. The first-order valence-electron chi connectivity index (χ1n) is 7.27. The molecule has 2 fully saturated rings. The van der Waals surface area contributed by atoms with E-state index in [1.165, 1.54) is 0 Å². The number of ether oxygens (including phenoxy) is 1. The number of piperazine rings is 1. The first-order valence-corrected chi connectivity index (χ1v) is 8.43. The van der Waals surface area contributed by atoms with E-state index in [4.69, 9.17) is 4.74 Å². The lowest BCUT2D eigenvalue weighted by Crippen LogP contribution is -2.53. The normalized spacial score (nSPS) is 22.4. The highest BCUT2D eigenvalue weighted by Crippen LogP contribution is 2.28. The molecule has 0 unspecified atom stereocenters. The zero-order valence-corrected chi connectivity index (χ0v) is 13.1. The number of benzene rings is 1. The number of carbonyl (C=O) groups excluding carboxylic acids is 1. The average Bonchev–Trinajstić information content (AvgIpc) is 3.09. The van der Waals surface area contributed by atoms with E-state index in [1.807, 2.05) is 23.1 Å². The van der Waals surface area contributed by atoms with Crippen molar-refractivity contribution in [2.75, 3.05) is 49.8 Å². The molecule has 3 rings (SSSR count). The van der Waals surface area contributed by atoms with Gasteiger partial charge in [0.15, 0.2) is 0 Å². The van der Waals surface area contributed by atoms with Crippen molar-refractivity contribution in [3.63, 3.8) is 0 Å². The second kappa shape index (κ2) is 6.58. The standard InChI is InChI=1S/C15H21N3O2S/c1-20-14-5-3-2-4-13(14)17-6-8-18(9-7-17)15(19)12-10-21-11-16-12/h2-5,12,16H,6-11H2,1H3/t12-/m1/s1. The Labute approximate surface area is 129 Å². The molecule has 1 aromatic carbocycles. The smallest absolute Gasteiger partial charge is 0.240 e. The predicted molar refractivity (Wildman–Crippen MR) is 86.0 cm³/mol. The number of hydrogen-bond acceptors (Lipinski definition) is 5. The van der Waals surface area contributed by atoms with Crippen molar-refractivity contribution in [2.45, 2.75) is 6.04 Å². The molecule has 0 saturated carbocycles. The highest BCUT2D eigenvalue weighted by atomic mass is 32.2. The summed E-state index contributed by atoms with van der Waals surface area (Å²) in [4.78, 5) is 16.6. The van der Waals surface area contributed by atoms with Crippen molar-refractivity contribution in [1.29, 1.82) is 0 Å². The van der Waals surface area contributed by atoms with Gasteiger partial charge in [0, 0.05) is 37.8 Å². The van der Waals surface area contributed by atoms with Crippen LogP contribution in [0.3, 0.4) is 0 Å². The molecule has 0 aromatic heterocycles. The molecule has 2 saturated heterocycles. The summed E-state index contributed by atoms with van der Waals surface area (Å²) in [6.45, 7) is 3.26. The lowest BCUT2D eigenvalue weighted by atomic mass is 10.2. The van der Waals surface area contributed by atoms with Gasteiger partial charge in [0.1, 0.15) is 5.75 Å². The monoisotopic (exact) mass is 307 g/mol. The number of nitrogens with one attached hydrogen (secondary N) is 1. The quantitative estimate of drug-likeness (QED) is 0.903. The maximum atomic E-state index is 12.4. The third-order valence-electron chi connectivity index (χ3n) is 4.03. The van der Waals surface area contributed by atoms with Gasteiger partial charge in [-0.2, -0.15) is 0 Å². The molecular formula is C15H21N3O2S. The van der Waals surface area contributed by atoms with Crippen LogP contribution in [-0.2, 0) is 4.79 Å². The molecule has 2 aliphatic rings. The average molecular weight is 307 g/mol. The lowest BCUT2D eigenvalue weighted by Gasteiger charge is -2.37. The Morgan fingerprint density at radius 3 is 2.71 bits per heavy atom. The third-order valence-corrected chi connectivity index (χ3v) is 4.97. The van der Waals surface area contributed by atoms with Crippen LogP contribution in [0, 0.1) is 0 Å². The summed E-state index contributed by atoms with van der Waals surface area (Å²) in [5.74, 6) is 2.93. The van der Waals surface area contributed by atoms with Crippen molar-refractivity contribution in [2.24, 2.45) is 0 Å². The second-order valence-corrected chi connectivity index (χ2v) is 6.29. The Kier molecular flexibility index (Phi) is 4.55. The summed E-state index contributed by atoms with van der Waals surface area (Å²) in [7, 11) is 1.70. The first kappa shape index (κ1) is 14.5. The Balaban J connectivity index is 1.61. The molecule has 1 N–H and O–H groups in total. The van der Waals surface area contributed by atoms with Crippen molar-refractivity contribution >= 4 is 23.4 Å². The predicted octanol–water partition coefficient (Wildman–Crippen LogP) is 1.01. The Bertz CT molecular complexity index is 497. The number of methoxy groups -OCH3 is 1.